The first-order valence-corrected chi connectivity index (χ1v) is 9.72. The van der Waals surface area contributed by atoms with Crippen LogP contribution in [0, 0.1) is 47.3 Å². The maximum atomic E-state index is 12.1. The van der Waals surface area contributed by atoms with Crippen molar-refractivity contribution in [1.29, 1.82) is 0 Å². The van der Waals surface area contributed by atoms with E-state index in [1.807, 2.05) is 5.92 Å². The van der Waals surface area contributed by atoms with Gasteiger partial charge in [0.1, 0.15) is 5.78 Å². The van der Waals surface area contributed by atoms with Crippen molar-refractivity contribution in [1.82, 2.24) is 5.32 Å². The first kappa shape index (κ1) is 17.5. The highest BCUT2D eigenvalue weighted by molar-refractivity contribution is 5.92. The van der Waals surface area contributed by atoms with E-state index >= 15 is 0 Å². The monoisotopic (exact) mass is 329 g/mol. The molecule has 3 nitrogen and oxygen atoms in total. The van der Waals surface area contributed by atoms with Crippen LogP contribution in [0.15, 0.2) is 0 Å². The van der Waals surface area contributed by atoms with Crippen LogP contribution in [0.1, 0.15) is 64.7 Å². The van der Waals surface area contributed by atoms with E-state index in [2.05, 4.69) is 18.7 Å². The summed E-state index contributed by atoms with van der Waals surface area (Å²) in [5, 5.41) is 2.24. The third-order valence-corrected chi connectivity index (χ3v) is 7.58. The maximum absolute atomic E-state index is 12.1. The van der Waals surface area contributed by atoms with Gasteiger partial charge >= 0.3 is 0 Å². The minimum Gasteiger partial charge on any atom is -0.348 e. The molecule has 0 aromatic rings. The number of fused-ring (bicyclic) bond motifs is 3. The highest BCUT2D eigenvalue weighted by Gasteiger charge is 2.58. The van der Waals surface area contributed by atoms with E-state index in [-0.39, 0.29) is 5.91 Å². The number of amides is 1. The molecule has 0 aromatic carbocycles. The predicted molar refractivity (Wildman–Crippen MR) is 95.0 cm³/mol. The topological polar surface area (TPSA) is 46.2 Å². The lowest BCUT2D eigenvalue weighted by molar-refractivity contribution is -0.121. The maximum Gasteiger partial charge on any atom is 0.295 e. The van der Waals surface area contributed by atoms with Crippen molar-refractivity contribution in [3.05, 3.63) is 0 Å². The molecule has 24 heavy (non-hydrogen) atoms. The lowest BCUT2D eigenvalue weighted by atomic mass is 9.50. The summed E-state index contributed by atoms with van der Waals surface area (Å²) in [5.74, 6) is 6.44. The minimum atomic E-state index is -0.380. The largest absolute Gasteiger partial charge is 0.348 e. The number of terminal acetylenes is 1. The van der Waals surface area contributed by atoms with Crippen LogP contribution in [0.4, 0.5) is 0 Å². The highest BCUT2D eigenvalue weighted by atomic mass is 16.1. The molecule has 4 saturated carbocycles. The Morgan fingerprint density at radius 1 is 1.21 bits per heavy atom. The molecule has 1 amide bonds. The number of Topliss-reactive ketones (excluding diaryl/α,β-unsaturated/α-hetero) is 1. The van der Waals surface area contributed by atoms with E-state index in [0.717, 1.165) is 30.1 Å². The van der Waals surface area contributed by atoms with E-state index in [0.29, 0.717) is 17.1 Å². The fraction of sp³-hybridized carbons (Fsp3) is 0.810. The third-order valence-electron chi connectivity index (χ3n) is 7.58. The van der Waals surface area contributed by atoms with Crippen LogP contribution < -0.4 is 5.32 Å². The molecule has 0 saturated heterocycles. The second-order valence-corrected chi connectivity index (χ2v) is 8.59. The number of carbonyl (C=O) groups excluding carboxylic acids is 2. The van der Waals surface area contributed by atoms with E-state index in [9.17, 15) is 9.59 Å². The fourth-order valence-corrected chi connectivity index (χ4v) is 6.49. The van der Waals surface area contributed by atoms with Crippen molar-refractivity contribution < 1.29 is 9.59 Å². The number of carbonyl (C=O) groups is 2. The Kier molecular flexibility index (Phi) is 5.04. The molecule has 4 aliphatic carbocycles. The summed E-state index contributed by atoms with van der Waals surface area (Å²) in [6.45, 7) is 2.49. The predicted octanol–water partition coefficient (Wildman–Crippen LogP) is 3.57. The molecule has 4 fully saturated rings. The van der Waals surface area contributed by atoms with Gasteiger partial charge in [0.05, 0.1) is 0 Å². The van der Waals surface area contributed by atoms with Crippen LogP contribution in [0.3, 0.4) is 0 Å². The van der Waals surface area contributed by atoms with Gasteiger partial charge in [0, 0.05) is 19.4 Å². The van der Waals surface area contributed by atoms with Crippen LogP contribution in [0.5, 0.6) is 0 Å². The van der Waals surface area contributed by atoms with Crippen LogP contribution in [0.25, 0.3) is 0 Å². The van der Waals surface area contributed by atoms with Gasteiger partial charge in [-0.2, -0.15) is 0 Å². The van der Waals surface area contributed by atoms with Gasteiger partial charge in [0.25, 0.3) is 5.91 Å². The van der Waals surface area contributed by atoms with Crippen LogP contribution in [-0.4, -0.2) is 18.7 Å². The molecule has 0 heterocycles. The number of ketones is 1. The van der Waals surface area contributed by atoms with Crippen LogP contribution in [-0.2, 0) is 9.59 Å². The zero-order chi connectivity index (χ0) is 17.3. The first-order chi connectivity index (χ1) is 11.5. The van der Waals surface area contributed by atoms with Crippen LogP contribution in [0.2, 0.25) is 0 Å². The Bertz CT molecular complexity index is 549. The summed E-state index contributed by atoms with van der Waals surface area (Å²) in [6, 6.07) is 0. The summed E-state index contributed by atoms with van der Waals surface area (Å²) in [4.78, 5) is 22.0. The molecule has 1 spiro atoms. The van der Waals surface area contributed by atoms with E-state index in [1.54, 1.807) is 0 Å². The van der Waals surface area contributed by atoms with E-state index < -0.39 is 0 Å². The molecule has 6 atom stereocenters. The quantitative estimate of drug-likeness (QED) is 0.691. The Hall–Kier alpha value is -1.30. The van der Waals surface area contributed by atoms with Crippen molar-refractivity contribution in [2.75, 3.05) is 7.05 Å². The molecular formula is C21H31NO2. The molecule has 132 valence electrons. The molecule has 4 rings (SSSR count). The van der Waals surface area contributed by atoms with Crippen molar-refractivity contribution in [2.45, 2.75) is 64.7 Å². The van der Waals surface area contributed by atoms with Gasteiger partial charge in [-0.25, -0.2) is 0 Å². The molecule has 3 heteroatoms. The second-order valence-electron chi connectivity index (χ2n) is 8.59. The van der Waals surface area contributed by atoms with Gasteiger partial charge < -0.3 is 5.32 Å². The SMILES string of the molecule is C#CC(=O)NC.C[C@H]1CCCC2C1CC[C@]13CC(=O)[C@H](CCC21)C3. The van der Waals surface area contributed by atoms with Gasteiger partial charge in [0.2, 0.25) is 0 Å². The second kappa shape index (κ2) is 6.90. The average Bonchev–Trinajstić information content (AvgIpc) is 2.83. The Balaban J connectivity index is 0.000000246. The van der Waals surface area contributed by atoms with Gasteiger partial charge in [0.15, 0.2) is 0 Å². The number of nitrogens with one attached hydrogen (secondary N) is 1. The summed E-state index contributed by atoms with van der Waals surface area (Å²) in [5.41, 5.74) is 0.484. The number of hydrogen-bond donors (Lipinski definition) is 1. The van der Waals surface area contributed by atoms with E-state index in [4.69, 9.17) is 0 Å². The average molecular weight is 329 g/mol. The van der Waals surface area contributed by atoms with E-state index in [1.165, 1.54) is 58.4 Å². The van der Waals surface area contributed by atoms with Crippen molar-refractivity contribution in [3.63, 3.8) is 0 Å². The fourth-order valence-electron chi connectivity index (χ4n) is 6.49. The summed E-state index contributed by atoms with van der Waals surface area (Å²) >= 11 is 0. The van der Waals surface area contributed by atoms with Crippen LogP contribution >= 0.6 is 0 Å². The molecular weight excluding hydrogens is 298 g/mol. The molecule has 3 unspecified atom stereocenters. The Labute approximate surface area is 146 Å². The number of rotatable bonds is 0. The van der Waals surface area contributed by atoms with Gasteiger partial charge in [-0.05, 0) is 73.5 Å². The summed E-state index contributed by atoms with van der Waals surface area (Å²) in [6.07, 6.45) is 16.7. The summed E-state index contributed by atoms with van der Waals surface area (Å²) in [7, 11) is 1.49. The highest BCUT2D eigenvalue weighted by Crippen LogP contribution is 2.64. The zero-order valence-corrected chi connectivity index (χ0v) is 15.1. The zero-order valence-electron chi connectivity index (χ0n) is 15.1. The molecule has 0 aliphatic heterocycles. The van der Waals surface area contributed by atoms with Crippen molar-refractivity contribution in [2.24, 2.45) is 35.0 Å². The third kappa shape index (κ3) is 3.01. The first-order valence-electron chi connectivity index (χ1n) is 9.72. The van der Waals surface area contributed by atoms with Gasteiger partial charge in [-0.1, -0.05) is 19.8 Å². The van der Waals surface area contributed by atoms with Crippen molar-refractivity contribution in [3.8, 4) is 12.3 Å². The van der Waals surface area contributed by atoms with Gasteiger partial charge in [-0.15, -0.1) is 6.42 Å². The molecule has 2 bridgehead atoms. The standard InChI is InChI=1S/C17H26O.C4H5NO/c1-11-3-2-4-14-13(11)7-8-17-9-12(16(18)10-17)5-6-15(14)17;1-3-4(6)5-2/h11-15H,2-10H2,1H3;1H,2H3,(H,5,6)/t11-,12+,13?,14?,15?,17-;/m0./s1. The number of hydrogen-bond acceptors (Lipinski definition) is 2. The molecule has 0 aromatic heterocycles. The normalized spacial score (nSPS) is 42.7. The molecule has 0 radical (unpaired) electrons. The van der Waals surface area contributed by atoms with Gasteiger partial charge in [-0.3, -0.25) is 9.59 Å². The smallest absolute Gasteiger partial charge is 0.295 e. The Morgan fingerprint density at radius 2 is 2.00 bits per heavy atom. The molecule has 4 aliphatic rings. The lowest BCUT2D eigenvalue weighted by Crippen LogP contribution is -2.46. The molecule has 1 N–H and O–H groups in total. The Morgan fingerprint density at radius 3 is 2.67 bits per heavy atom. The lowest BCUT2D eigenvalue weighted by Gasteiger charge is -2.55. The minimum absolute atomic E-state index is 0.380. The van der Waals surface area contributed by atoms with Crippen molar-refractivity contribution >= 4 is 11.7 Å². The summed E-state index contributed by atoms with van der Waals surface area (Å²) < 4.78 is 0.